The molecule has 0 aromatic heterocycles. The Kier molecular flexibility index (Phi) is 10.3. The van der Waals surface area contributed by atoms with Crippen LogP contribution in [0.3, 0.4) is 0 Å². The molecule has 0 aliphatic carbocycles. The minimum atomic E-state index is -0.356. The number of nitrogens with one attached hydrogen (secondary N) is 2. The molecule has 3 rings (SSSR count). The van der Waals surface area contributed by atoms with Crippen molar-refractivity contribution >= 4 is 35.3 Å². The number of para-hydroxylation sites is 1. The van der Waals surface area contributed by atoms with Crippen LogP contribution in [0.15, 0.2) is 65.8 Å². The van der Waals surface area contributed by atoms with Crippen LogP contribution in [0.5, 0.6) is 17.2 Å². The lowest BCUT2D eigenvalue weighted by Crippen LogP contribution is -2.20. The first-order valence-electron chi connectivity index (χ1n) is 11.7. The third kappa shape index (κ3) is 8.54. The first-order chi connectivity index (χ1) is 17.9. The zero-order valence-electron chi connectivity index (χ0n) is 21.0. The van der Waals surface area contributed by atoms with E-state index >= 15 is 0 Å². The number of ether oxygens (including phenoxy) is 3. The zero-order chi connectivity index (χ0) is 26.6. The Morgan fingerprint density at radius 1 is 0.973 bits per heavy atom. The SMILES string of the molecule is COc1ccc(CCCC(=O)N/N=C\c2ccc(OCC(=O)Nc3ccccc3Cl)c(OC)c2)c(C)c1. The number of carbonyl (C=O) groups is 2. The Morgan fingerprint density at radius 2 is 1.78 bits per heavy atom. The zero-order valence-corrected chi connectivity index (χ0v) is 21.8. The molecule has 194 valence electrons. The van der Waals surface area contributed by atoms with Gasteiger partial charge in [0.25, 0.3) is 5.91 Å². The maximum Gasteiger partial charge on any atom is 0.262 e. The van der Waals surface area contributed by atoms with Gasteiger partial charge in [-0.1, -0.05) is 29.8 Å². The van der Waals surface area contributed by atoms with Crippen LogP contribution in [-0.2, 0) is 16.0 Å². The fraction of sp³-hybridized carbons (Fsp3) is 0.250. The van der Waals surface area contributed by atoms with Crippen molar-refractivity contribution in [2.75, 3.05) is 26.1 Å². The second kappa shape index (κ2) is 13.9. The van der Waals surface area contributed by atoms with Crippen molar-refractivity contribution in [2.45, 2.75) is 26.2 Å². The van der Waals surface area contributed by atoms with E-state index < -0.39 is 0 Å². The monoisotopic (exact) mass is 523 g/mol. The molecule has 0 aliphatic heterocycles. The van der Waals surface area contributed by atoms with Crippen molar-refractivity contribution in [3.63, 3.8) is 0 Å². The molecule has 0 saturated carbocycles. The van der Waals surface area contributed by atoms with Crippen molar-refractivity contribution in [1.82, 2.24) is 5.43 Å². The minimum Gasteiger partial charge on any atom is -0.497 e. The number of hydrogen-bond donors (Lipinski definition) is 2. The molecule has 0 fully saturated rings. The first-order valence-corrected chi connectivity index (χ1v) is 12.1. The highest BCUT2D eigenvalue weighted by Crippen LogP contribution is 2.28. The quantitative estimate of drug-likeness (QED) is 0.252. The van der Waals surface area contributed by atoms with Crippen LogP contribution in [0.4, 0.5) is 5.69 Å². The Balaban J connectivity index is 1.45. The lowest BCUT2D eigenvalue weighted by atomic mass is 10.0. The van der Waals surface area contributed by atoms with Crippen molar-refractivity contribution in [1.29, 1.82) is 0 Å². The van der Waals surface area contributed by atoms with Gasteiger partial charge in [0, 0.05) is 6.42 Å². The van der Waals surface area contributed by atoms with E-state index in [1.165, 1.54) is 18.9 Å². The largest absolute Gasteiger partial charge is 0.497 e. The van der Waals surface area contributed by atoms with Crippen molar-refractivity contribution < 1.29 is 23.8 Å². The van der Waals surface area contributed by atoms with Gasteiger partial charge in [-0.2, -0.15) is 5.10 Å². The molecule has 37 heavy (non-hydrogen) atoms. The highest BCUT2D eigenvalue weighted by Gasteiger charge is 2.10. The van der Waals surface area contributed by atoms with E-state index in [1.807, 2.05) is 25.1 Å². The molecule has 0 spiro atoms. The van der Waals surface area contributed by atoms with Crippen LogP contribution < -0.4 is 25.0 Å². The van der Waals surface area contributed by atoms with Gasteiger partial charge < -0.3 is 19.5 Å². The molecule has 0 aliphatic rings. The number of amides is 2. The Bertz CT molecular complexity index is 1260. The third-order valence-electron chi connectivity index (χ3n) is 5.50. The van der Waals surface area contributed by atoms with E-state index in [1.54, 1.807) is 49.6 Å². The summed E-state index contributed by atoms with van der Waals surface area (Å²) in [5.74, 6) is 1.12. The van der Waals surface area contributed by atoms with E-state index in [0.717, 1.165) is 17.7 Å². The highest BCUT2D eigenvalue weighted by atomic mass is 35.5. The summed E-state index contributed by atoms with van der Waals surface area (Å²) in [6, 6.07) is 18.0. The Hall–Kier alpha value is -4.04. The number of hydrazone groups is 1. The van der Waals surface area contributed by atoms with Crippen LogP contribution in [0.25, 0.3) is 0 Å². The number of aryl methyl sites for hydroxylation is 2. The van der Waals surface area contributed by atoms with E-state index in [4.69, 9.17) is 25.8 Å². The van der Waals surface area contributed by atoms with Crippen LogP contribution in [-0.4, -0.2) is 38.9 Å². The topological polar surface area (TPSA) is 98.3 Å². The maximum absolute atomic E-state index is 12.2. The number of rotatable bonds is 12. The molecule has 8 nitrogen and oxygen atoms in total. The molecule has 0 saturated heterocycles. The fourth-order valence-electron chi connectivity index (χ4n) is 3.53. The van der Waals surface area contributed by atoms with Crippen molar-refractivity contribution in [3.05, 3.63) is 82.4 Å². The number of nitrogens with zero attached hydrogens (tertiary/aromatic N) is 1. The van der Waals surface area contributed by atoms with Gasteiger partial charge in [-0.25, -0.2) is 5.43 Å². The van der Waals surface area contributed by atoms with Gasteiger partial charge in [-0.05, 0) is 78.9 Å². The predicted octanol–water partition coefficient (Wildman–Crippen LogP) is 5.16. The number of hydrogen-bond acceptors (Lipinski definition) is 6. The summed E-state index contributed by atoms with van der Waals surface area (Å²) in [5, 5.41) is 7.16. The average molecular weight is 524 g/mol. The molecule has 0 radical (unpaired) electrons. The molecule has 0 bridgehead atoms. The van der Waals surface area contributed by atoms with Crippen molar-refractivity contribution in [2.24, 2.45) is 5.10 Å². The molecular weight excluding hydrogens is 494 g/mol. The van der Waals surface area contributed by atoms with Gasteiger partial charge in [-0.15, -0.1) is 0 Å². The van der Waals surface area contributed by atoms with Crippen LogP contribution in [0, 0.1) is 6.92 Å². The smallest absolute Gasteiger partial charge is 0.262 e. The number of halogens is 1. The molecule has 0 unspecified atom stereocenters. The lowest BCUT2D eigenvalue weighted by molar-refractivity contribution is -0.121. The molecule has 0 atom stereocenters. The number of carbonyl (C=O) groups excluding carboxylic acids is 2. The number of methoxy groups -OCH3 is 2. The number of anilines is 1. The standard InChI is InChI=1S/C28H30ClN3O5/c1-19-15-22(35-2)13-12-21(19)7-6-10-27(33)32-30-17-20-11-14-25(26(16-20)36-3)37-18-28(34)31-24-9-5-4-8-23(24)29/h4-5,8-9,11-17H,6-7,10,18H2,1-3H3,(H,31,34)(H,32,33)/b30-17-. The number of benzene rings is 3. The summed E-state index contributed by atoms with van der Waals surface area (Å²) < 4.78 is 16.2. The summed E-state index contributed by atoms with van der Waals surface area (Å²) in [6.45, 7) is 1.81. The molecule has 2 amide bonds. The normalized spacial score (nSPS) is 10.7. The summed E-state index contributed by atoms with van der Waals surface area (Å²) in [4.78, 5) is 24.4. The molecule has 2 N–H and O–H groups in total. The second-order valence-corrected chi connectivity index (χ2v) is 8.57. The van der Waals surface area contributed by atoms with Crippen LogP contribution >= 0.6 is 11.6 Å². The maximum atomic E-state index is 12.2. The highest BCUT2D eigenvalue weighted by molar-refractivity contribution is 6.33. The lowest BCUT2D eigenvalue weighted by Gasteiger charge is -2.12. The molecule has 3 aromatic carbocycles. The average Bonchev–Trinajstić information content (AvgIpc) is 2.90. The second-order valence-electron chi connectivity index (χ2n) is 8.17. The summed E-state index contributed by atoms with van der Waals surface area (Å²) in [5.41, 5.74) is 6.07. The van der Waals surface area contributed by atoms with E-state index in [-0.39, 0.29) is 18.4 Å². The van der Waals surface area contributed by atoms with Gasteiger partial charge in [-0.3, -0.25) is 9.59 Å². The minimum absolute atomic E-state index is 0.168. The van der Waals surface area contributed by atoms with Gasteiger partial charge in [0.15, 0.2) is 18.1 Å². The first kappa shape index (κ1) is 27.5. The van der Waals surface area contributed by atoms with Crippen LogP contribution in [0.2, 0.25) is 5.02 Å². The van der Waals surface area contributed by atoms with Crippen LogP contribution in [0.1, 0.15) is 29.5 Å². The van der Waals surface area contributed by atoms with Gasteiger partial charge in [0.05, 0.1) is 31.1 Å². The molecule has 9 heteroatoms. The van der Waals surface area contributed by atoms with E-state index in [9.17, 15) is 9.59 Å². The molecular formula is C28H30ClN3O5. The Labute approximate surface area is 221 Å². The fourth-order valence-corrected chi connectivity index (χ4v) is 3.71. The van der Waals surface area contributed by atoms with Gasteiger partial charge >= 0.3 is 0 Å². The van der Waals surface area contributed by atoms with E-state index in [2.05, 4.69) is 15.8 Å². The Morgan fingerprint density at radius 3 is 2.51 bits per heavy atom. The summed E-state index contributed by atoms with van der Waals surface area (Å²) in [6.07, 6.45) is 3.37. The molecule has 3 aromatic rings. The summed E-state index contributed by atoms with van der Waals surface area (Å²) in [7, 11) is 3.14. The third-order valence-corrected chi connectivity index (χ3v) is 5.83. The summed E-state index contributed by atoms with van der Waals surface area (Å²) >= 11 is 6.06. The van der Waals surface area contributed by atoms with E-state index in [0.29, 0.717) is 40.6 Å². The van der Waals surface area contributed by atoms with Crippen molar-refractivity contribution in [3.8, 4) is 17.2 Å². The molecule has 0 heterocycles. The van der Waals surface area contributed by atoms with Gasteiger partial charge in [0.1, 0.15) is 5.75 Å². The predicted molar refractivity (Wildman–Crippen MR) is 145 cm³/mol. The van der Waals surface area contributed by atoms with Gasteiger partial charge in [0.2, 0.25) is 5.91 Å².